The van der Waals surface area contributed by atoms with Crippen LogP contribution in [0.15, 0.2) is 24.3 Å². The Balaban J connectivity index is 2.33. The van der Waals surface area contributed by atoms with Gasteiger partial charge in [-0.25, -0.2) is 0 Å². The minimum Gasteiger partial charge on any atom is -0.326 e. The summed E-state index contributed by atoms with van der Waals surface area (Å²) in [4.78, 5) is 1.50. The molecule has 1 aromatic carbocycles. The lowest BCUT2D eigenvalue weighted by atomic mass is 10.2. The van der Waals surface area contributed by atoms with Gasteiger partial charge in [-0.15, -0.1) is 15.0 Å². The Hall–Kier alpha value is -1.75. The van der Waals surface area contributed by atoms with Crippen LogP contribution in [0.2, 0.25) is 0 Å². The fraction of sp³-hybridized carbons (Fsp3) is 0.222. The molecule has 5 heteroatoms. The lowest BCUT2D eigenvalue weighted by Gasteiger charge is -1.99. The van der Waals surface area contributed by atoms with Gasteiger partial charge in [0.25, 0.3) is 0 Å². The summed E-state index contributed by atoms with van der Waals surface area (Å²) in [6.45, 7) is 2.35. The molecule has 72 valence electrons. The minimum atomic E-state index is 0.546. The molecule has 2 N–H and O–H groups in total. The maximum Gasteiger partial charge on any atom is 0.172 e. The van der Waals surface area contributed by atoms with Crippen molar-refractivity contribution in [3.8, 4) is 5.69 Å². The number of rotatable bonds is 2. The van der Waals surface area contributed by atoms with Crippen LogP contribution < -0.4 is 5.73 Å². The van der Waals surface area contributed by atoms with Crippen molar-refractivity contribution in [2.24, 2.45) is 5.73 Å². The standard InChI is InChI=1S/C9H11N5/c1-7-11-13-14(12-7)9-4-2-8(6-10)3-5-9/h2-5H,6,10H2,1H3. The zero-order chi connectivity index (χ0) is 9.97. The quantitative estimate of drug-likeness (QED) is 0.743. The summed E-state index contributed by atoms with van der Waals surface area (Å²) >= 11 is 0. The maximum absolute atomic E-state index is 5.49. The number of aromatic nitrogens is 4. The molecule has 0 bridgehead atoms. The number of nitrogens with zero attached hydrogens (tertiary/aromatic N) is 4. The smallest absolute Gasteiger partial charge is 0.172 e. The molecule has 1 heterocycles. The first-order valence-electron chi connectivity index (χ1n) is 4.35. The predicted molar refractivity (Wildman–Crippen MR) is 51.8 cm³/mol. The monoisotopic (exact) mass is 189 g/mol. The van der Waals surface area contributed by atoms with E-state index < -0.39 is 0 Å². The number of hydrogen-bond donors (Lipinski definition) is 1. The normalized spacial score (nSPS) is 10.4. The van der Waals surface area contributed by atoms with E-state index in [4.69, 9.17) is 5.73 Å². The Labute approximate surface area is 81.5 Å². The summed E-state index contributed by atoms with van der Waals surface area (Å²) in [6, 6.07) is 7.74. The average Bonchev–Trinajstić information content (AvgIpc) is 2.65. The van der Waals surface area contributed by atoms with Gasteiger partial charge in [0, 0.05) is 6.54 Å². The zero-order valence-electron chi connectivity index (χ0n) is 7.88. The predicted octanol–water partition coefficient (Wildman–Crippen LogP) is 0.429. The van der Waals surface area contributed by atoms with E-state index in [1.807, 2.05) is 24.3 Å². The zero-order valence-corrected chi connectivity index (χ0v) is 7.88. The van der Waals surface area contributed by atoms with Gasteiger partial charge in [-0.2, -0.15) is 0 Å². The Bertz CT molecular complexity index is 417. The summed E-state index contributed by atoms with van der Waals surface area (Å²) in [5.74, 6) is 0.660. The second-order valence-electron chi connectivity index (χ2n) is 3.00. The maximum atomic E-state index is 5.49. The molecule has 2 rings (SSSR count). The molecule has 0 aliphatic rings. The number of nitrogens with two attached hydrogens (primary N) is 1. The SMILES string of the molecule is Cc1nnn(-c2ccc(CN)cc2)n1. The highest BCUT2D eigenvalue weighted by molar-refractivity contribution is 5.32. The van der Waals surface area contributed by atoms with Crippen LogP contribution in [0.25, 0.3) is 5.69 Å². The van der Waals surface area contributed by atoms with Crippen molar-refractivity contribution in [1.82, 2.24) is 20.2 Å². The molecule has 0 atom stereocenters. The third-order valence-corrected chi connectivity index (χ3v) is 1.92. The number of tetrazole rings is 1. The summed E-state index contributed by atoms with van der Waals surface area (Å²) in [5, 5.41) is 11.8. The summed E-state index contributed by atoms with van der Waals surface area (Å²) in [5.41, 5.74) is 7.47. The van der Waals surface area contributed by atoms with Crippen molar-refractivity contribution >= 4 is 0 Å². The van der Waals surface area contributed by atoms with Crippen LogP contribution in [0.5, 0.6) is 0 Å². The average molecular weight is 189 g/mol. The molecular formula is C9H11N5. The molecule has 14 heavy (non-hydrogen) atoms. The molecule has 1 aromatic heterocycles. The number of aryl methyl sites for hydroxylation is 1. The van der Waals surface area contributed by atoms with E-state index >= 15 is 0 Å². The van der Waals surface area contributed by atoms with Crippen molar-refractivity contribution in [2.45, 2.75) is 13.5 Å². The van der Waals surface area contributed by atoms with E-state index in [-0.39, 0.29) is 0 Å². The molecule has 0 saturated carbocycles. The second kappa shape index (κ2) is 3.55. The van der Waals surface area contributed by atoms with E-state index in [1.54, 1.807) is 6.92 Å². The third-order valence-electron chi connectivity index (χ3n) is 1.92. The van der Waals surface area contributed by atoms with Gasteiger partial charge in [0.05, 0.1) is 5.69 Å². The van der Waals surface area contributed by atoms with Gasteiger partial charge in [-0.3, -0.25) is 0 Å². The topological polar surface area (TPSA) is 69.6 Å². The fourth-order valence-electron chi connectivity index (χ4n) is 1.16. The van der Waals surface area contributed by atoms with Gasteiger partial charge in [0.1, 0.15) is 0 Å². The molecule has 0 aliphatic carbocycles. The lowest BCUT2D eigenvalue weighted by molar-refractivity contribution is 0.718. The van der Waals surface area contributed by atoms with Crippen molar-refractivity contribution in [2.75, 3.05) is 0 Å². The molecule has 0 saturated heterocycles. The van der Waals surface area contributed by atoms with Crippen LogP contribution in [0.4, 0.5) is 0 Å². The Morgan fingerprint density at radius 3 is 2.50 bits per heavy atom. The van der Waals surface area contributed by atoms with Crippen LogP contribution in [0.3, 0.4) is 0 Å². The van der Waals surface area contributed by atoms with Gasteiger partial charge in [0.15, 0.2) is 5.82 Å². The molecule has 0 fully saturated rings. The van der Waals surface area contributed by atoms with Crippen molar-refractivity contribution in [1.29, 1.82) is 0 Å². The van der Waals surface area contributed by atoms with Gasteiger partial charge < -0.3 is 5.73 Å². The van der Waals surface area contributed by atoms with Gasteiger partial charge in [-0.1, -0.05) is 12.1 Å². The van der Waals surface area contributed by atoms with Gasteiger partial charge in [0.2, 0.25) is 0 Å². The minimum absolute atomic E-state index is 0.546. The highest BCUT2D eigenvalue weighted by atomic mass is 15.6. The molecule has 0 amide bonds. The van der Waals surface area contributed by atoms with Crippen molar-refractivity contribution in [3.63, 3.8) is 0 Å². The summed E-state index contributed by atoms with van der Waals surface area (Å²) in [6.07, 6.45) is 0. The molecule has 2 aromatic rings. The van der Waals surface area contributed by atoms with Crippen LogP contribution >= 0.6 is 0 Å². The number of hydrogen-bond acceptors (Lipinski definition) is 4. The van der Waals surface area contributed by atoms with E-state index in [0.717, 1.165) is 11.3 Å². The van der Waals surface area contributed by atoms with Crippen molar-refractivity contribution < 1.29 is 0 Å². The first-order chi connectivity index (χ1) is 6.79. The Morgan fingerprint density at radius 1 is 1.29 bits per heavy atom. The van der Waals surface area contributed by atoms with Crippen molar-refractivity contribution in [3.05, 3.63) is 35.7 Å². The number of benzene rings is 1. The Kier molecular flexibility index (Phi) is 2.24. The first-order valence-corrected chi connectivity index (χ1v) is 4.35. The molecule has 5 nitrogen and oxygen atoms in total. The largest absolute Gasteiger partial charge is 0.326 e. The van der Waals surface area contributed by atoms with Crippen LogP contribution in [0.1, 0.15) is 11.4 Å². The summed E-state index contributed by atoms with van der Waals surface area (Å²) in [7, 11) is 0. The lowest BCUT2D eigenvalue weighted by Crippen LogP contribution is -2.00. The van der Waals surface area contributed by atoms with Crippen LogP contribution in [-0.4, -0.2) is 20.2 Å². The Morgan fingerprint density at radius 2 is 2.00 bits per heavy atom. The molecule has 0 aliphatic heterocycles. The highest BCUT2D eigenvalue weighted by Crippen LogP contribution is 2.06. The van der Waals surface area contributed by atoms with Gasteiger partial charge >= 0.3 is 0 Å². The summed E-state index contributed by atoms with van der Waals surface area (Å²) < 4.78 is 0. The van der Waals surface area contributed by atoms with Crippen LogP contribution in [0, 0.1) is 6.92 Å². The first kappa shape index (κ1) is 8.83. The molecule has 0 spiro atoms. The molecule has 0 radical (unpaired) electrons. The molecular weight excluding hydrogens is 178 g/mol. The van der Waals surface area contributed by atoms with E-state index in [1.165, 1.54) is 4.80 Å². The van der Waals surface area contributed by atoms with E-state index in [2.05, 4.69) is 15.4 Å². The van der Waals surface area contributed by atoms with E-state index in [9.17, 15) is 0 Å². The fourth-order valence-corrected chi connectivity index (χ4v) is 1.16. The van der Waals surface area contributed by atoms with Crippen LogP contribution in [-0.2, 0) is 6.54 Å². The van der Waals surface area contributed by atoms with E-state index in [0.29, 0.717) is 12.4 Å². The van der Waals surface area contributed by atoms with Gasteiger partial charge in [-0.05, 0) is 29.8 Å². The molecule has 0 unspecified atom stereocenters. The second-order valence-corrected chi connectivity index (χ2v) is 3.00. The third kappa shape index (κ3) is 1.62. The highest BCUT2D eigenvalue weighted by Gasteiger charge is 1.99.